The highest BCUT2D eigenvalue weighted by atomic mass is 35.5. The number of aromatic nitrogens is 3. The molecule has 7 heteroatoms. The fraction of sp³-hybridized carbons (Fsp3) is 0.308. The normalized spacial score (nSPS) is 10.2. The average molecular weight is 295 g/mol. The molecule has 20 heavy (non-hydrogen) atoms. The predicted octanol–water partition coefficient (Wildman–Crippen LogP) is 2.46. The molecule has 2 rings (SSSR count). The van der Waals surface area contributed by atoms with Crippen LogP contribution in [0.4, 0.5) is 5.69 Å². The smallest absolute Gasteiger partial charge is 0.225 e. The van der Waals surface area contributed by atoms with Gasteiger partial charge in [-0.15, -0.1) is 0 Å². The molecule has 0 saturated heterocycles. The Bertz CT molecular complexity index is 585. The lowest BCUT2D eigenvalue weighted by Gasteiger charge is -2.13. The molecule has 0 amide bonds. The molecule has 0 unspecified atom stereocenters. The molecule has 0 spiro atoms. The summed E-state index contributed by atoms with van der Waals surface area (Å²) in [5, 5.41) is 3.71. The summed E-state index contributed by atoms with van der Waals surface area (Å²) in [5.74, 6) is 0.952. The quantitative estimate of drug-likeness (QED) is 0.854. The minimum Gasteiger partial charge on any atom is -0.481 e. The molecule has 0 bridgehead atoms. The summed E-state index contributed by atoms with van der Waals surface area (Å²) in [6.45, 7) is 2.33. The monoisotopic (exact) mass is 294 g/mol. The molecule has 2 heterocycles. The Labute approximate surface area is 122 Å². The summed E-state index contributed by atoms with van der Waals surface area (Å²) in [5.41, 5.74) is 2.43. The first-order chi connectivity index (χ1) is 9.65. The van der Waals surface area contributed by atoms with Crippen LogP contribution in [-0.4, -0.2) is 29.2 Å². The van der Waals surface area contributed by atoms with Crippen molar-refractivity contribution in [1.29, 1.82) is 0 Å². The van der Waals surface area contributed by atoms with E-state index >= 15 is 0 Å². The summed E-state index contributed by atoms with van der Waals surface area (Å²) in [6, 6.07) is 3.60. The molecule has 2 aromatic heterocycles. The highest BCUT2D eigenvalue weighted by molar-refractivity contribution is 6.29. The van der Waals surface area contributed by atoms with Gasteiger partial charge in [0.2, 0.25) is 11.8 Å². The molecule has 0 atom stereocenters. The Kier molecular flexibility index (Phi) is 4.57. The van der Waals surface area contributed by atoms with Crippen molar-refractivity contribution >= 4 is 17.3 Å². The summed E-state index contributed by atoms with van der Waals surface area (Å²) in [4.78, 5) is 12.3. The van der Waals surface area contributed by atoms with Crippen molar-refractivity contribution in [2.45, 2.75) is 13.5 Å². The second kappa shape index (κ2) is 6.38. The van der Waals surface area contributed by atoms with Gasteiger partial charge in [-0.05, 0) is 19.1 Å². The Morgan fingerprint density at radius 3 is 2.35 bits per heavy atom. The molecule has 0 aliphatic rings. The van der Waals surface area contributed by atoms with Gasteiger partial charge < -0.3 is 14.8 Å². The average Bonchev–Trinajstić information content (AvgIpc) is 2.46. The van der Waals surface area contributed by atoms with Gasteiger partial charge in [0.1, 0.15) is 11.5 Å². The van der Waals surface area contributed by atoms with Crippen molar-refractivity contribution in [2.75, 3.05) is 19.5 Å². The molecule has 1 N–H and O–H groups in total. The van der Waals surface area contributed by atoms with Gasteiger partial charge in [-0.3, -0.25) is 0 Å². The molecule has 0 fully saturated rings. The molecule has 6 nitrogen and oxygen atoms in total. The van der Waals surface area contributed by atoms with Gasteiger partial charge in [-0.1, -0.05) is 11.6 Å². The van der Waals surface area contributed by atoms with E-state index in [0.29, 0.717) is 23.5 Å². The second-order valence-corrected chi connectivity index (χ2v) is 4.38. The highest BCUT2D eigenvalue weighted by Crippen LogP contribution is 2.25. The van der Waals surface area contributed by atoms with Crippen molar-refractivity contribution < 1.29 is 9.47 Å². The zero-order valence-corrected chi connectivity index (χ0v) is 12.2. The van der Waals surface area contributed by atoms with Crippen LogP contribution < -0.4 is 14.8 Å². The number of ether oxygens (including phenoxy) is 2. The van der Waals surface area contributed by atoms with Gasteiger partial charge in [0.05, 0.1) is 37.7 Å². The van der Waals surface area contributed by atoms with Gasteiger partial charge in [0.15, 0.2) is 0 Å². The molecule has 0 aromatic carbocycles. The molecule has 2 aromatic rings. The van der Waals surface area contributed by atoms with Crippen LogP contribution in [0.5, 0.6) is 11.8 Å². The lowest BCUT2D eigenvalue weighted by molar-refractivity contribution is 0.363. The Morgan fingerprint density at radius 1 is 1.15 bits per heavy atom. The van der Waals surface area contributed by atoms with Crippen molar-refractivity contribution in [2.24, 2.45) is 0 Å². The van der Waals surface area contributed by atoms with E-state index in [1.54, 1.807) is 20.3 Å². The molecule has 0 saturated carbocycles. The van der Waals surface area contributed by atoms with Crippen molar-refractivity contribution in [3.63, 3.8) is 0 Å². The number of pyridine rings is 1. The standard InChI is InChI=1S/C13H15ClN4O2/c1-8-10(4-5-11(14)18-8)15-6-9-12(19-2)16-7-17-13(9)20-3/h4-5,7,15H,6H2,1-3H3. The van der Waals surface area contributed by atoms with Gasteiger partial charge in [0, 0.05) is 0 Å². The number of halogens is 1. The van der Waals surface area contributed by atoms with Gasteiger partial charge in [-0.2, -0.15) is 0 Å². The number of methoxy groups -OCH3 is 2. The first kappa shape index (κ1) is 14.3. The maximum atomic E-state index is 5.83. The topological polar surface area (TPSA) is 69.2 Å². The summed E-state index contributed by atoms with van der Waals surface area (Å²) >= 11 is 5.83. The van der Waals surface area contributed by atoms with E-state index in [4.69, 9.17) is 21.1 Å². The van der Waals surface area contributed by atoms with Crippen LogP contribution >= 0.6 is 11.6 Å². The fourth-order valence-electron chi connectivity index (χ4n) is 1.78. The van der Waals surface area contributed by atoms with Crippen LogP contribution in [-0.2, 0) is 6.54 Å². The minimum atomic E-state index is 0.456. The molecular formula is C13H15ClN4O2. The number of nitrogens with zero attached hydrogens (tertiary/aromatic N) is 3. The van der Waals surface area contributed by atoms with E-state index in [2.05, 4.69) is 20.3 Å². The van der Waals surface area contributed by atoms with E-state index in [1.165, 1.54) is 6.33 Å². The zero-order chi connectivity index (χ0) is 14.5. The molecule has 0 aliphatic carbocycles. The summed E-state index contributed by atoms with van der Waals surface area (Å²) in [6.07, 6.45) is 1.40. The van der Waals surface area contributed by atoms with Gasteiger partial charge in [-0.25, -0.2) is 15.0 Å². The maximum Gasteiger partial charge on any atom is 0.225 e. The van der Waals surface area contributed by atoms with Gasteiger partial charge in [0.25, 0.3) is 0 Å². The van der Waals surface area contributed by atoms with E-state index in [9.17, 15) is 0 Å². The molecule has 0 radical (unpaired) electrons. The van der Waals surface area contributed by atoms with E-state index in [0.717, 1.165) is 16.9 Å². The third-order valence-corrected chi connectivity index (χ3v) is 2.97. The first-order valence-electron chi connectivity index (χ1n) is 5.94. The number of anilines is 1. The minimum absolute atomic E-state index is 0.456. The number of hydrogen-bond donors (Lipinski definition) is 1. The third-order valence-electron chi connectivity index (χ3n) is 2.76. The van der Waals surface area contributed by atoms with Crippen molar-refractivity contribution in [3.05, 3.63) is 34.9 Å². The number of nitrogens with one attached hydrogen (secondary N) is 1. The number of hydrogen-bond acceptors (Lipinski definition) is 6. The SMILES string of the molecule is COc1ncnc(OC)c1CNc1ccc(Cl)nc1C. The van der Waals surface area contributed by atoms with Gasteiger partial charge >= 0.3 is 0 Å². The Hall–Kier alpha value is -2.08. The van der Waals surface area contributed by atoms with Crippen LogP contribution in [0.3, 0.4) is 0 Å². The number of aryl methyl sites for hydroxylation is 1. The Balaban J connectivity index is 2.22. The van der Waals surface area contributed by atoms with Crippen LogP contribution in [0.25, 0.3) is 0 Å². The number of rotatable bonds is 5. The largest absolute Gasteiger partial charge is 0.481 e. The maximum absolute atomic E-state index is 5.83. The van der Waals surface area contributed by atoms with E-state index < -0.39 is 0 Å². The summed E-state index contributed by atoms with van der Waals surface area (Å²) < 4.78 is 10.4. The van der Waals surface area contributed by atoms with Crippen molar-refractivity contribution in [1.82, 2.24) is 15.0 Å². The lowest BCUT2D eigenvalue weighted by atomic mass is 10.2. The molecular weight excluding hydrogens is 280 g/mol. The van der Waals surface area contributed by atoms with Crippen LogP contribution in [0.15, 0.2) is 18.5 Å². The fourth-order valence-corrected chi connectivity index (χ4v) is 1.97. The van der Waals surface area contributed by atoms with E-state index in [1.807, 2.05) is 13.0 Å². The molecule has 0 aliphatic heterocycles. The Morgan fingerprint density at radius 2 is 1.80 bits per heavy atom. The third kappa shape index (κ3) is 3.08. The predicted molar refractivity (Wildman–Crippen MR) is 76.4 cm³/mol. The van der Waals surface area contributed by atoms with E-state index in [-0.39, 0.29) is 0 Å². The highest BCUT2D eigenvalue weighted by Gasteiger charge is 2.13. The first-order valence-corrected chi connectivity index (χ1v) is 6.32. The van der Waals surface area contributed by atoms with Crippen LogP contribution in [0.2, 0.25) is 5.15 Å². The second-order valence-electron chi connectivity index (χ2n) is 3.99. The van der Waals surface area contributed by atoms with Crippen LogP contribution in [0, 0.1) is 6.92 Å². The van der Waals surface area contributed by atoms with Crippen molar-refractivity contribution in [3.8, 4) is 11.8 Å². The zero-order valence-electron chi connectivity index (χ0n) is 11.5. The van der Waals surface area contributed by atoms with Crippen LogP contribution in [0.1, 0.15) is 11.3 Å². The molecule has 106 valence electrons. The summed E-state index contributed by atoms with van der Waals surface area (Å²) in [7, 11) is 3.11. The lowest BCUT2D eigenvalue weighted by Crippen LogP contribution is -2.07.